The Bertz CT molecular complexity index is 3060. The molecule has 0 aliphatic carbocycles. The second-order valence-corrected chi connectivity index (χ2v) is 16.6. The van der Waals surface area contributed by atoms with Gasteiger partial charge in [0.1, 0.15) is 0 Å². The van der Waals surface area contributed by atoms with Crippen molar-refractivity contribution in [3.05, 3.63) is 394 Å². The van der Waals surface area contributed by atoms with Gasteiger partial charge in [0, 0.05) is 0 Å². The molecule has 0 N–H and O–H groups in total. The van der Waals surface area contributed by atoms with Crippen LogP contribution in [0.2, 0.25) is 0 Å². The summed E-state index contributed by atoms with van der Waals surface area (Å²) in [5.41, 5.74) is 9.42. The Morgan fingerprint density at radius 1 is 0.167 bits per heavy atom. The standard InChI is InChI=1S/C48H24.6C5H5.6Fe/c1-2-14-37(13-1)25-31-43-44(32-26-38-15-3-4-16-38)46(34-28-40-19-7-8-20-40)48(36-30-42-23-11-12-24-42)47(35-29-41-21-9-10-22-41)45(43)33-27-39-17-5-6-18-39;6*1-2-4-5-3-1;;;;;;/h1-24H;6*1-5H;;;;;;/q-6;6*-1;6*+2. The Morgan fingerprint density at radius 3 is 0.357 bits per heavy atom. The molecule has 0 saturated heterocycles. The molecule has 13 rings (SSSR count). The minimum absolute atomic E-state index is 0. The maximum atomic E-state index is 3.47. The Morgan fingerprint density at radius 2 is 0.274 bits per heavy atom. The van der Waals surface area contributed by atoms with E-state index in [4.69, 9.17) is 0 Å². The number of benzene rings is 1. The van der Waals surface area contributed by atoms with Crippen molar-refractivity contribution in [3.63, 3.8) is 0 Å². The van der Waals surface area contributed by atoms with Gasteiger partial charge in [-0.15, -0.1) is 72.8 Å². The zero-order chi connectivity index (χ0) is 53.6. The van der Waals surface area contributed by atoms with Gasteiger partial charge in [-0.25, -0.2) is 72.8 Å². The molecule has 0 aliphatic heterocycles. The molecule has 0 radical (unpaired) electrons. The molecule has 0 atom stereocenters. The number of rotatable bonds is 0. The molecule has 0 aliphatic rings. The van der Waals surface area contributed by atoms with Crippen molar-refractivity contribution in [2.75, 3.05) is 0 Å². The van der Waals surface area contributed by atoms with Crippen LogP contribution in [0.25, 0.3) is 0 Å². The predicted octanol–water partition coefficient (Wildman–Crippen LogP) is 16.8. The van der Waals surface area contributed by atoms with E-state index >= 15 is 0 Å². The van der Waals surface area contributed by atoms with E-state index < -0.39 is 0 Å². The van der Waals surface area contributed by atoms with Crippen molar-refractivity contribution in [2.24, 2.45) is 0 Å². The van der Waals surface area contributed by atoms with Crippen LogP contribution in [-0.2, 0) is 102 Å². The van der Waals surface area contributed by atoms with Crippen LogP contribution in [0.15, 0.2) is 328 Å². The summed E-state index contributed by atoms with van der Waals surface area (Å²) < 4.78 is 0. The van der Waals surface area contributed by atoms with Gasteiger partial charge in [0.15, 0.2) is 0 Å². The molecule has 84 heavy (non-hydrogen) atoms. The van der Waals surface area contributed by atoms with E-state index in [0.717, 1.165) is 33.4 Å². The Kier molecular flexibility index (Phi) is 40.8. The van der Waals surface area contributed by atoms with E-state index in [1.165, 1.54) is 0 Å². The van der Waals surface area contributed by atoms with Crippen molar-refractivity contribution in [3.8, 4) is 71.0 Å². The van der Waals surface area contributed by atoms with E-state index in [-0.39, 0.29) is 102 Å². The average Bonchev–Trinajstić information content (AvgIpc) is 2.69. The van der Waals surface area contributed by atoms with E-state index in [2.05, 4.69) is 71.0 Å². The van der Waals surface area contributed by atoms with Gasteiger partial charge in [0.05, 0.1) is 0 Å². The second-order valence-electron chi connectivity index (χ2n) is 16.6. The number of hydrogen-bond acceptors (Lipinski definition) is 0. The van der Waals surface area contributed by atoms with Gasteiger partial charge in [-0.05, 0) is 33.4 Å². The van der Waals surface area contributed by atoms with Gasteiger partial charge in [-0.3, -0.25) is 0 Å². The van der Waals surface area contributed by atoms with Gasteiger partial charge in [0.2, 0.25) is 0 Å². The Balaban J connectivity index is 0.000000789. The fourth-order valence-electron chi connectivity index (χ4n) is 6.98. The molecule has 0 spiro atoms. The molecule has 414 valence electrons. The summed E-state index contributed by atoms with van der Waals surface area (Å²) in [5, 5.41) is 0. The fraction of sp³-hybridized carbons (Fsp3) is 0. The van der Waals surface area contributed by atoms with Crippen molar-refractivity contribution in [1.82, 2.24) is 0 Å². The molecular weight excluding hydrogens is 1270 g/mol. The molecule has 0 aromatic heterocycles. The summed E-state index contributed by atoms with van der Waals surface area (Å²) >= 11 is 0. The maximum absolute atomic E-state index is 3.47. The van der Waals surface area contributed by atoms with E-state index in [1.54, 1.807) is 0 Å². The summed E-state index contributed by atoms with van der Waals surface area (Å²) in [4.78, 5) is 0. The largest absolute Gasteiger partial charge is 2.00 e. The van der Waals surface area contributed by atoms with Gasteiger partial charge in [-0.1, -0.05) is 33.4 Å². The maximum Gasteiger partial charge on any atom is 2.00 e. The van der Waals surface area contributed by atoms with Gasteiger partial charge >= 0.3 is 102 Å². The molecule has 13 aromatic carbocycles. The molecule has 0 saturated carbocycles. The van der Waals surface area contributed by atoms with Crippen molar-refractivity contribution in [1.29, 1.82) is 0 Å². The Hall–Kier alpha value is -8.10. The third kappa shape index (κ3) is 28.3. The van der Waals surface area contributed by atoms with Crippen molar-refractivity contribution >= 4 is 0 Å². The average molecular weight is 1330 g/mol. The van der Waals surface area contributed by atoms with Crippen LogP contribution >= 0.6 is 0 Å². The first-order valence-electron chi connectivity index (χ1n) is 25.5. The third-order valence-electron chi connectivity index (χ3n) is 10.8. The molecule has 6 heteroatoms. The van der Waals surface area contributed by atoms with Crippen LogP contribution < -0.4 is 0 Å². The topological polar surface area (TPSA) is 0 Å². The normalized spacial score (nSPS) is 8.29. The summed E-state index contributed by atoms with van der Waals surface area (Å²) in [6.45, 7) is 0. The monoisotopic (exact) mass is 1330 g/mol. The first-order valence-corrected chi connectivity index (χ1v) is 25.5. The minimum atomic E-state index is 0. The van der Waals surface area contributed by atoms with E-state index in [9.17, 15) is 0 Å². The molecule has 0 fully saturated rings. The third-order valence-corrected chi connectivity index (χ3v) is 10.8. The summed E-state index contributed by atoms with van der Waals surface area (Å²) in [7, 11) is 0. The zero-order valence-electron chi connectivity index (χ0n) is 45.3. The molecule has 0 heterocycles. The molecule has 0 bridgehead atoms. The van der Waals surface area contributed by atoms with E-state index in [0.29, 0.717) is 33.4 Å². The molecule has 0 amide bonds. The van der Waals surface area contributed by atoms with Crippen molar-refractivity contribution < 1.29 is 102 Å². The smallest absolute Gasteiger partial charge is 0.214 e. The van der Waals surface area contributed by atoms with Crippen LogP contribution in [-0.4, -0.2) is 0 Å². The van der Waals surface area contributed by atoms with Gasteiger partial charge in [0.25, 0.3) is 0 Å². The predicted molar refractivity (Wildman–Crippen MR) is 327 cm³/mol. The van der Waals surface area contributed by atoms with Gasteiger partial charge < -0.3 is 0 Å². The number of hydrogen-bond donors (Lipinski definition) is 0. The van der Waals surface area contributed by atoms with Crippen LogP contribution in [0.5, 0.6) is 0 Å². The molecular formula is C78H54Fe6. The molecule has 13 aromatic rings. The summed E-state index contributed by atoms with van der Waals surface area (Å²) in [6.07, 6.45) is 0. The SMILES string of the molecule is C(#C[c-]1cccc1)c1c(C#C[c-]2cccc2)c(C#C[c-]2cccc2)c(C#C[c-]2cccc2)c(C#C[c-]2cccc2)c1C#C[c-]1cccc1.[Fe+2].[Fe+2].[Fe+2].[Fe+2].[Fe+2].[Fe+2].c1cc[cH-]c1.c1cc[cH-]c1.c1cc[cH-]c1.c1cc[cH-]c1.c1cc[cH-]c1.c1cc[cH-]c1. The minimum Gasteiger partial charge on any atom is -0.214 e. The summed E-state index contributed by atoms with van der Waals surface area (Å²) in [5.74, 6) is 41.0. The van der Waals surface area contributed by atoms with Crippen molar-refractivity contribution in [2.45, 2.75) is 0 Å². The molecule has 0 nitrogen and oxygen atoms in total. The van der Waals surface area contributed by atoms with Gasteiger partial charge in [-0.2, -0.15) is 253 Å². The first-order chi connectivity index (χ1) is 38.8. The Labute approximate surface area is 562 Å². The first kappa shape index (κ1) is 73.9. The van der Waals surface area contributed by atoms with Crippen LogP contribution in [0.1, 0.15) is 66.8 Å². The van der Waals surface area contributed by atoms with Crippen LogP contribution in [0, 0.1) is 71.0 Å². The fourth-order valence-corrected chi connectivity index (χ4v) is 6.98. The second kappa shape index (κ2) is 46.4. The van der Waals surface area contributed by atoms with Crippen LogP contribution in [0.3, 0.4) is 0 Å². The van der Waals surface area contributed by atoms with Crippen LogP contribution in [0.4, 0.5) is 0 Å². The quantitative estimate of drug-likeness (QED) is 0.0806. The summed E-state index contributed by atoms with van der Waals surface area (Å²) in [6, 6.07) is 108. The molecule has 0 unspecified atom stereocenters. The van der Waals surface area contributed by atoms with E-state index in [1.807, 2.05) is 328 Å². The zero-order valence-corrected chi connectivity index (χ0v) is 51.9.